The first-order valence-electron chi connectivity index (χ1n) is 7.60. The van der Waals surface area contributed by atoms with Crippen molar-refractivity contribution in [1.82, 2.24) is 10.5 Å². The van der Waals surface area contributed by atoms with E-state index >= 15 is 0 Å². The Hall–Kier alpha value is -2.75. The zero-order valence-electron chi connectivity index (χ0n) is 13.4. The predicted molar refractivity (Wildman–Crippen MR) is 81.8 cm³/mol. The van der Waals surface area contributed by atoms with Crippen LogP contribution in [0.15, 0.2) is 22.7 Å². The van der Waals surface area contributed by atoms with Crippen LogP contribution < -0.4 is 5.32 Å². The molecular formula is C17H17F2N3O2. The second-order valence-corrected chi connectivity index (χ2v) is 5.21. The van der Waals surface area contributed by atoms with Gasteiger partial charge in [-0.15, -0.1) is 0 Å². The molecule has 0 fully saturated rings. The highest BCUT2D eigenvalue weighted by molar-refractivity contribution is 5.79. The number of nitrogens with zero attached hydrogens (tertiary/aromatic N) is 2. The summed E-state index contributed by atoms with van der Waals surface area (Å²) in [5.41, 5.74) is 1.29. The monoisotopic (exact) mass is 333 g/mol. The first-order chi connectivity index (χ1) is 11.5. The lowest BCUT2D eigenvalue weighted by molar-refractivity contribution is -0.120. The minimum Gasteiger partial charge on any atom is -0.361 e. The zero-order valence-corrected chi connectivity index (χ0v) is 13.4. The van der Waals surface area contributed by atoms with Crippen LogP contribution in [-0.2, 0) is 24.1 Å². The largest absolute Gasteiger partial charge is 0.361 e. The lowest BCUT2D eigenvalue weighted by atomic mass is 10.0. The van der Waals surface area contributed by atoms with Crippen molar-refractivity contribution in [2.45, 2.75) is 39.2 Å². The van der Waals surface area contributed by atoms with Gasteiger partial charge in [0.1, 0.15) is 23.4 Å². The van der Waals surface area contributed by atoms with Gasteiger partial charge in [-0.2, -0.15) is 5.26 Å². The summed E-state index contributed by atoms with van der Waals surface area (Å²) in [7, 11) is 0. The number of hydrogen-bond acceptors (Lipinski definition) is 4. The average molecular weight is 333 g/mol. The van der Waals surface area contributed by atoms with E-state index in [-0.39, 0.29) is 12.0 Å². The normalized spacial score (nSPS) is 11.8. The van der Waals surface area contributed by atoms with Crippen LogP contribution in [-0.4, -0.2) is 11.1 Å². The van der Waals surface area contributed by atoms with Crippen LogP contribution in [0, 0.1) is 23.0 Å². The number of carbonyl (C=O) groups is 1. The molecule has 2 rings (SSSR count). The molecule has 1 N–H and O–H groups in total. The summed E-state index contributed by atoms with van der Waals surface area (Å²) in [5.74, 6) is -1.47. The third kappa shape index (κ3) is 3.77. The van der Waals surface area contributed by atoms with Crippen molar-refractivity contribution >= 4 is 5.91 Å². The molecule has 0 radical (unpaired) electrons. The number of amides is 1. The fourth-order valence-corrected chi connectivity index (χ4v) is 2.43. The molecule has 0 saturated heterocycles. The molecule has 1 amide bonds. The van der Waals surface area contributed by atoms with Crippen molar-refractivity contribution < 1.29 is 18.1 Å². The Balaban J connectivity index is 2.16. The highest BCUT2D eigenvalue weighted by Gasteiger charge is 2.21. The molecular weight excluding hydrogens is 316 g/mol. The molecule has 126 valence electrons. The van der Waals surface area contributed by atoms with Gasteiger partial charge in [-0.3, -0.25) is 4.79 Å². The van der Waals surface area contributed by atoms with E-state index in [0.29, 0.717) is 35.9 Å². The molecule has 0 saturated carbocycles. The van der Waals surface area contributed by atoms with Gasteiger partial charge in [0, 0.05) is 23.6 Å². The summed E-state index contributed by atoms with van der Waals surface area (Å²) in [6.07, 6.45) is 1.18. The molecule has 0 aliphatic rings. The molecule has 1 unspecified atom stereocenters. The van der Waals surface area contributed by atoms with E-state index in [2.05, 4.69) is 10.5 Å². The van der Waals surface area contributed by atoms with E-state index in [4.69, 9.17) is 4.52 Å². The smallest absolute Gasteiger partial charge is 0.225 e. The number of aryl methyl sites for hydroxylation is 2. The standard InChI is InChI=1S/C17H17F2N3O2/c1-3-14-12(16(4-2)24-22-14)8-17(23)21-15(9-20)11-6-5-10(18)7-13(11)19/h5-7,15H,3-4,8H2,1-2H3,(H,21,23). The van der Waals surface area contributed by atoms with Gasteiger partial charge < -0.3 is 9.84 Å². The SMILES string of the molecule is CCc1noc(CC)c1CC(=O)NC(C#N)c1ccc(F)cc1F. The maximum Gasteiger partial charge on any atom is 0.225 e. The Morgan fingerprint density at radius 2 is 2.12 bits per heavy atom. The maximum atomic E-state index is 13.8. The topological polar surface area (TPSA) is 78.9 Å². The number of hydrogen-bond donors (Lipinski definition) is 1. The van der Waals surface area contributed by atoms with Crippen LogP contribution in [0.4, 0.5) is 8.78 Å². The van der Waals surface area contributed by atoms with Gasteiger partial charge in [-0.05, 0) is 12.5 Å². The van der Waals surface area contributed by atoms with Gasteiger partial charge >= 0.3 is 0 Å². The van der Waals surface area contributed by atoms with E-state index < -0.39 is 23.6 Å². The van der Waals surface area contributed by atoms with E-state index in [9.17, 15) is 18.8 Å². The number of aromatic nitrogens is 1. The minimum atomic E-state index is -1.20. The van der Waals surface area contributed by atoms with Crippen molar-refractivity contribution in [3.05, 3.63) is 52.4 Å². The Kier molecular flexibility index (Phi) is 5.64. The molecule has 0 aliphatic carbocycles. The first kappa shape index (κ1) is 17.6. The second kappa shape index (κ2) is 7.68. The summed E-state index contributed by atoms with van der Waals surface area (Å²) in [6, 6.07) is 3.48. The average Bonchev–Trinajstić information content (AvgIpc) is 2.94. The molecule has 2 aromatic rings. The summed E-state index contributed by atoms with van der Waals surface area (Å²) < 4.78 is 31.9. The van der Waals surface area contributed by atoms with Crippen LogP contribution in [0.25, 0.3) is 0 Å². The van der Waals surface area contributed by atoms with Crippen molar-refractivity contribution in [2.24, 2.45) is 0 Å². The lowest BCUT2D eigenvalue weighted by Gasteiger charge is -2.13. The summed E-state index contributed by atoms with van der Waals surface area (Å²) in [6.45, 7) is 3.78. The van der Waals surface area contributed by atoms with Crippen LogP contribution in [0.2, 0.25) is 0 Å². The summed E-state index contributed by atoms with van der Waals surface area (Å²) in [5, 5.41) is 15.6. The summed E-state index contributed by atoms with van der Waals surface area (Å²) >= 11 is 0. The number of halogens is 2. The third-order valence-electron chi connectivity index (χ3n) is 3.65. The van der Waals surface area contributed by atoms with Gasteiger partial charge in [-0.25, -0.2) is 8.78 Å². The van der Waals surface area contributed by atoms with Crippen molar-refractivity contribution in [3.63, 3.8) is 0 Å². The highest BCUT2D eigenvalue weighted by Crippen LogP contribution is 2.20. The Morgan fingerprint density at radius 1 is 1.38 bits per heavy atom. The Bertz CT molecular complexity index is 759. The molecule has 0 aliphatic heterocycles. The van der Waals surface area contributed by atoms with Gasteiger partial charge in [0.05, 0.1) is 18.2 Å². The molecule has 7 heteroatoms. The number of benzene rings is 1. The molecule has 0 spiro atoms. The highest BCUT2D eigenvalue weighted by atomic mass is 19.1. The number of nitrogens with one attached hydrogen (secondary N) is 1. The van der Waals surface area contributed by atoms with E-state index in [1.807, 2.05) is 19.9 Å². The second-order valence-electron chi connectivity index (χ2n) is 5.21. The third-order valence-corrected chi connectivity index (χ3v) is 3.65. The summed E-state index contributed by atoms with van der Waals surface area (Å²) in [4.78, 5) is 12.2. The fraction of sp³-hybridized carbons (Fsp3) is 0.353. The molecule has 1 aromatic heterocycles. The van der Waals surface area contributed by atoms with Crippen LogP contribution in [0.5, 0.6) is 0 Å². The molecule has 1 aromatic carbocycles. The van der Waals surface area contributed by atoms with Crippen LogP contribution in [0.3, 0.4) is 0 Å². The molecule has 24 heavy (non-hydrogen) atoms. The Labute approximate surface area is 138 Å². The van der Waals surface area contributed by atoms with Gasteiger partial charge in [0.2, 0.25) is 5.91 Å². The van der Waals surface area contributed by atoms with E-state index in [1.54, 1.807) is 0 Å². The van der Waals surface area contributed by atoms with Gasteiger partial charge in [-0.1, -0.05) is 25.1 Å². The van der Waals surface area contributed by atoms with Crippen LogP contribution >= 0.6 is 0 Å². The molecule has 0 bridgehead atoms. The van der Waals surface area contributed by atoms with Gasteiger partial charge in [0.15, 0.2) is 0 Å². The maximum absolute atomic E-state index is 13.8. The molecule has 5 nitrogen and oxygen atoms in total. The van der Waals surface area contributed by atoms with Crippen LogP contribution in [0.1, 0.15) is 42.5 Å². The Morgan fingerprint density at radius 3 is 2.71 bits per heavy atom. The quantitative estimate of drug-likeness (QED) is 0.881. The lowest BCUT2D eigenvalue weighted by Crippen LogP contribution is -2.30. The van der Waals surface area contributed by atoms with Crippen molar-refractivity contribution in [1.29, 1.82) is 5.26 Å². The number of nitriles is 1. The van der Waals surface area contributed by atoms with E-state index in [1.165, 1.54) is 0 Å². The number of carbonyl (C=O) groups excluding carboxylic acids is 1. The van der Waals surface area contributed by atoms with Crippen molar-refractivity contribution in [3.8, 4) is 6.07 Å². The predicted octanol–water partition coefficient (Wildman–Crippen LogP) is 3.00. The molecule has 1 heterocycles. The minimum absolute atomic E-state index is 0.0170. The zero-order chi connectivity index (χ0) is 17.7. The van der Waals surface area contributed by atoms with E-state index in [0.717, 1.165) is 12.1 Å². The first-order valence-corrected chi connectivity index (χ1v) is 7.60. The van der Waals surface area contributed by atoms with Gasteiger partial charge in [0.25, 0.3) is 0 Å². The number of rotatable bonds is 6. The van der Waals surface area contributed by atoms with Crippen molar-refractivity contribution in [2.75, 3.05) is 0 Å². The molecule has 1 atom stereocenters. The fourth-order valence-electron chi connectivity index (χ4n) is 2.43.